The Balaban J connectivity index is 1.85. The molecule has 0 amide bonds. The smallest absolute Gasteiger partial charge is 0.356 e. The van der Waals surface area contributed by atoms with E-state index in [1.54, 1.807) is 0 Å². The molecule has 2 rings (SSSR count). The van der Waals surface area contributed by atoms with Crippen LogP contribution in [0.25, 0.3) is 0 Å². The van der Waals surface area contributed by atoms with Crippen LogP contribution >= 0.6 is 0 Å². The fourth-order valence-electron chi connectivity index (χ4n) is 2.64. The molecule has 1 heterocycles. The Hall–Kier alpha value is -1.36. The number of nitrogens with one attached hydrogen (secondary N) is 1. The number of aromatic nitrogens is 2. The first kappa shape index (κ1) is 16.0. The maximum absolute atomic E-state index is 12.1. The number of carbonyl (C=O) groups excluding carboxylic acids is 1. The van der Waals surface area contributed by atoms with Gasteiger partial charge in [0.15, 0.2) is 0 Å². The number of rotatable bonds is 8. The van der Waals surface area contributed by atoms with Gasteiger partial charge in [0, 0.05) is 0 Å². The SMILES string of the molecule is CCCCC(CC)COC(=O)c1cnc(C2(N)CCC2)[nH]1. The van der Waals surface area contributed by atoms with Crippen molar-refractivity contribution in [2.75, 3.05) is 6.61 Å². The lowest BCUT2D eigenvalue weighted by Crippen LogP contribution is -2.44. The van der Waals surface area contributed by atoms with Gasteiger partial charge in [-0.2, -0.15) is 0 Å². The van der Waals surface area contributed by atoms with Crippen LogP contribution < -0.4 is 5.73 Å². The van der Waals surface area contributed by atoms with Crippen molar-refractivity contribution in [3.63, 3.8) is 0 Å². The summed E-state index contributed by atoms with van der Waals surface area (Å²) in [6.07, 6.45) is 9.00. The van der Waals surface area contributed by atoms with Crippen LogP contribution in [0.2, 0.25) is 0 Å². The molecule has 0 bridgehead atoms. The van der Waals surface area contributed by atoms with E-state index in [0.29, 0.717) is 24.0 Å². The van der Waals surface area contributed by atoms with E-state index < -0.39 is 0 Å². The first-order valence-electron chi connectivity index (χ1n) is 8.10. The third-order valence-electron chi connectivity index (χ3n) is 4.51. The summed E-state index contributed by atoms with van der Waals surface area (Å²) in [5.74, 6) is 0.828. The molecule has 1 atom stereocenters. The van der Waals surface area contributed by atoms with Gasteiger partial charge in [-0.15, -0.1) is 0 Å². The third-order valence-corrected chi connectivity index (χ3v) is 4.51. The molecule has 5 heteroatoms. The van der Waals surface area contributed by atoms with Crippen LogP contribution in [0.4, 0.5) is 0 Å². The number of nitrogens with two attached hydrogens (primary N) is 1. The van der Waals surface area contributed by atoms with Gasteiger partial charge in [-0.3, -0.25) is 0 Å². The molecule has 0 aromatic carbocycles. The fourth-order valence-corrected chi connectivity index (χ4v) is 2.64. The Morgan fingerprint density at radius 3 is 2.86 bits per heavy atom. The highest BCUT2D eigenvalue weighted by molar-refractivity contribution is 5.87. The number of hydrogen-bond acceptors (Lipinski definition) is 4. The van der Waals surface area contributed by atoms with Gasteiger partial charge in [0.1, 0.15) is 11.5 Å². The highest BCUT2D eigenvalue weighted by Gasteiger charge is 2.37. The molecular weight excluding hydrogens is 266 g/mol. The van der Waals surface area contributed by atoms with Crippen LogP contribution in [-0.4, -0.2) is 22.5 Å². The van der Waals surface area contributed by atoms with Crippen LogP contribution in [0.5, 0.6) is 0 Å². The maximum atomic E-state index is 12.1. The van der Waals surface area contributed by atoms with E-state index in [-0.39, 0.29) is 11.5 Å². The third kappa shape index (κ3) is 3.84. The summed E-state index contributed by atoms with van der Waals surface area (Å²) in [5, 5.41) is 0. The second-order valence-electron chi connectivity index (χ2n) is 6.17. The molecule has 5 nitrogen and oxygen atoms in total. The highest BCUT2D eigenvalue weighted by Crippen LogP contribution is 2.36. The number of hydrogen-bond donors (Lipinski definition) is 2. The zero-order chi connectivity index (χ0) is 15.3. The van der Waals surface area contributed by atoms with E-state index in [2.05, 4.69) is 23.8 Å². The number of imidazole rings is 1. The first-order valence-corrected chi connectivity index (χ1v) is 8.10. The number of ether oxygens (including phenoxy) is 1. The lowest BCUT2D eigenvalue weighted by atomic mass is 9.77. The van der Waals surface area contributed by atoms with Gasteiger partial charge in [0.2, 0.25) is 0 Å². The second-order valence-corrected chi connectivity index (χ2v) is 6.17. The van der Waals surface area contributed by atoms with E-state index in [0.717, 1.165) is 32.1 Å². The van der Waals surface area contributed by atoms with Crippen molar-refractivity contribution in [3.05, 3.63) is 17.7 Å². The highest BCUT2D eigenvalue weighted by atomic mass is 16.5. The van der Waals surface area contributed by atoms with Crippen molar-refractivity contribution in [1.82, 2.24) is 9.97 Å². The molecule has 21 heavy (non-hydrogen) atoms. The van der Waals surface area contributed by atoms with Gasteiger partial charge >= 0.3 is 5.97 Å². The van der Waals surface area contributed by atoms with Crippen molar-refractivity contribution < 1.29 is 9.53 Å². The van der Waals surface area contributed by atoms with Gasteiger partial charge in [-0.05, 0) is 31.6 Å². The molecule has 0 spiro atoms. The number of esters is 1. The quantitative estimate of drug-likeness (QED) is 0.722. The lowest BCUT2D eigenvalue weighted by molar-refractivity contribution is 0.0421. The van der Waals surface area contributed by atoms with Crippen molar-refractivity contribution in [1.29, 1.82) is 0 Å². The average Bonchev–Trinajstić information content (AvgIpc) is 2.95. The molecule has 0 radical (unpaired) electrons. The predicted molar refractivity (Wildman–Crippen MR) is 81.9 cm³/mol. The van der Waals surface area contributed by atoms with Crippen LogP contribution in [0.1, 0.15) is 75.1 Å². The van der Waals surface area contributed by atoms with Crippen LogP contribution in [0.3, 0.4) is 0 Å². The molecule has 1 saturated carbocycles. The number of aromatic amines is 1. The minimum atomic E-state index is -0.369. The Labute approximate surface area is 126 Å². The molecular formula is C16H27N3O2. The molecule has 1 aliphatic carbocycles. The van der Waals surface area contributed by atoms with E-state index >= 15 is 0 Å². The predicted octanol–water partition coefficient (Wildman–Crippen LogP) is 3.12. The van der Waals surface area contributed by atoms with E-state index in [1.165, 1.54) is 19.0 Å². The standard InChI is InChI=1S/C16H27N3O2/c1-3-5-7-12(4-2)11-21-14(20)13-10-18-15(19-13)16(17)8-6-9-16/h10,12H,3-9,11,17H2,1-2H3,(H,18,19). The summed E-state index contributed by atoms with van der Waals surface area (Å²) < 4.78 is 5.40. The summed E-state index contributed by atoms with van der Waals surface area (Å²) in [6.45, 7) is 4.79. The molecule has 1 aromatic rings. The van der Waals surface area contributed by atoms with Crippen molar-refractivity contribution in [2.24, 2.45) is 11.7 Å². The van der Waals surface area contributed by atoms with E-state index in [4.69, 9.17) is 10.5 Å². The van der Waals surface area contributed by atoms with Gasteiger partial charge < -0.3 is 15.5 Å². The molecule has 3 N–H and O–H groups in total. The summed E-state index contributed by atoms with van der Waals surface area (Å²) in [6, 6.07) is 0. The van der Waals surface area contributed by atoms with Gasteiger partial charge in [0.25, 0.3) is 0 Å². The van der Waals surface area contributed by atoms with Gasteiger partial charge in [-0.25, -0.2) is 9.78 Å². The minimum absolute atomic E-state index is 0.327. The number of carbonyl (C=O) groups is 1. The van der Waals surface area contributed by atoms with Crippen molar-refractivity contribution in [2.45, 2.75) is 64.3 Å². The zero-order valence-corrected chi connectivity index (χ0v) is 13.2. The maximum Gasteiger partial charge on any atom is 0.356 e. The summed E-state index contributed by atoms with van der Waals surface area (Å²) in [7, 11) is 0. The Morgan fingerprint density at radius 2 is 2.29 bits per heavy atom. The van der Waals surface area contributed by atoms with E-state index in [1.807, 2.05) is 0 Å². The minimum Gasteiger partial charge on any atom is -0.461 e. The summed E-state index contributed by atoms with van der Waals surface area (Å²) in [5.41, 5.74) is 6.23. The Morgan fingerprint density at radius 1 is 1.52 bits per heavy atom. The lowest BCUT2D eigenvalue weighted by Gasteiger charge is -2.35. The number of H-pyrrole nitrogens is 1. The Kier molecular flexibility index (Phi) is 5.39. The van der Waals surface area contributed by atoms with Crippen LogP contribution in [0, 0.1) is 5.92 Å². The molecule has 1 fully saturated rings. The van der Waals surface area contributed by atoms with Crippen LogP contribution in [-0.2, 0) is 10.3 Å². The van der Waals surface area contributed by atoms with E-state index in [9.17, 15) is 4.79 Å². The monoisotopic (exact) mass is 293 g/mol. The van der Waals surface area contributed by atoms with Gasteiger partial charge in [-0.1, -0.05) is 33.1 Å². The molecule has 0 saturated heterocycles. The summed E-state index contributed by atoms with van der Waals surface area (Å²) in [4.78, 5) is 19.3. The van der Waals surface area contributed by atoms with Crippen molar-refractivity contribution >= 4 is 5.97 Å². The average molecular weight is 293 g/mol. The molecule has 118 valence electrons. The first-order chi connectivity index (χ1) is 10.1. The second kappa shape index (κ2) is 7.07. The molecule has 1 aliphatic rings. The van der Waals surface area contributed by atoms with Gasteiger partial charge in [0.05, 0.1) is 18.3 Å². The number of nitrogens with zero attached hydrogens (tertiary/aromatic N) is 1. The normalized spacial score (nSPS) is 18.0. The Bertz CT molecular complexity index is 466. The topological polar surface area (TPSA) is 81.0 Å². The molecule has 1 aromatic heterocycles. The summed E-state index contributed by atoms with van der Waals surface area (Å²) >= 11 is 0. The molecule has 1 unspecified atom stereocenters. The number of unbranched alkanes of at least 4 members (excludes halogenated alkanes) is 1. The largest absolute Gasteiger partial charge is 0.461 e. The van der Waals surface area contributed by atoms with Crippen LogP contribution in [0.15, 0.2) is 6.20 Å². The van der Waals surface area contributed by atoms with Crippen molar-refractivity contribution in [3.8, 4) is 0 Å². The zero-order valence-electron chi connectivity index (χ0n) is 13.2. The fraction of sp³-hybridized carbons (Fsp3) is 0.750. The molecule has 0 aliphatic heterocycles.